The molecular weight excluding hydrogens is 665 g/mol. The fourth-order valence-corrected chi connectivity index (χ4v) is 4.59. The lowest BCUT2D eigenvalue weighted by molar-refractivity contribution is -0.192. The number of carboxylic acid groups (broad SMARTS) is 2. The highest BCUT2D eigenvalue weighted by Gasteiger charge is 2.38. The molecule has 0 unspecified atom stereocenters. The van der Waals surface area contributed by atoms with Crippen LogP contribution in [0.3, 0.4) is 0 Å². The summed E-state index contributed by atoms with van der Waals surface area (Å²) in [6, 6.07) is 17.4. The minimum atomic E-state index is -5.08. The summed E-state index contributed by atoms with van der Waals surface area (Å²) in [7, 11) is 0. The molecule has 0 saturated carbocycles. The lowest BCUT2D eigenvalue weighted by atomic mass is 9.89. The number of amides is 3. The molecule has 3 aromatic rings. The normalized spacial score (nSPS) is 12.6. The van der Waals surface area contributed by atoms with E-state index in [1.807, 2.05) is 36.4 Å². The quantitative estimate of drug-likeness (QED) is 0.0615. The molecule has 268 valence electrons. The van der Waals surface area contributed by atoms with Gasteiger partial charge in [0.25, 0.3) is 0 Å². The molecule has 3 aromatic carbocycles. The van der Waals surface area contributed by atoms with Crippen molar-refractivity contribution < 1.29 is 47.4 Å². The van der Waals surface area contributed by atoms with E-state index in [4.69, 9.17) is 37.9 Å². The minimum Gasteiger partial charge on any atom is -0.481 e. The highest BCUT2D eigenvalue weighted by Crippen LogP contribution is 2.26. The first-order valence-electron chi connectivity index (χ1n) is 14.8. The Morgan fingerprint density at radius 1 is 0.800 bits per heavy atom. The van der Waals surface area contributed by atoms with Gasteiger partial charge in [-0.2, -0.15) is 13.2 Å². The van der Waals surface area contributed by atoms with Crippen LogP contribution in [0.2, 0.25) is 0 Å². The van der Waals surface area contributed by atoms with E-state index < -0.39 is 60.3 Å². The maximum atomic E-state index is 13.8. The smallest absolute Gasteiger partial charge is 0.481 e. The molecular formula is C32H37F3N8O7. The summed E-state index contributed by atoms with van der Waals surface area (Å²) in [5, 5.41) is 40.9. The molecule has 0 aromatic heterocycles. The Hall–Kier alpha value is -6.20. The van der Waals surface area contributed by atoms with Crippen LogP contribution in [0.25, 0.3) is 10.8 Å². The van der Waals surface area contributed by atoms with Crippen molar-refractivity contribution in [3.05, 3.63) is 83.4 Å². The van der Waals surface area contributed by atoms with Gasteiger partial charge in [-0.15, -0.1) is 0 Å². The van der Waals surface area contributed by atoms with Crippen molar-refractivity contribution in [1.82, 2.24) is 16.0 Å². The molecule has 3 atom stereocenters. The van der Waals surface area contributed by atoms with Crippen LogP contribution in [0.1, 0.15) is 41.9 Å². The van der Waals surface area contributed by atoms with Crippen LogP contribution in [-0.4, -0.2) is 76.5 Å². The molecule has 3 amide bonds. The Kier molecular flexibility index (Phi) is 14.7. The average Bonchev–Trinajstić information content (AvgIpc) is 3.04. The van der Waals surface area contributed by atoms with Gasteiger partial charge < -0.3 is 43.4 Å². The lowest BCUT2D eigenvalue weighted by Gasteiger charge is -2.24. The van der Waals surface area contributed by atoms with Crippen LogP contribution in [0.15, 0.2) is 66.7 Å². The number of nitrogens with two attached hydrogens (primary N) is 3. The lowest BCUT2D eigenvalue weighted by Crippen LogP contribution is -2.54. The number of nitrogens with one attached hydrogen (secondary N) is 5. The number of hydrogen-bond donors (Lipinski definition) is 10. The molecule has 3 rings (SSSR count). The number of guanidine groups is 1. The molecule has 15 nitrogen and oxygen atoms in total. The van der Waals surface area contributed by atoms with Crippen molar-refractivity contribution in [2.24, 2.45) is 17.2 Å². The van der Waals surface area contributed by atoms with E-state index in [1.165, 1.54) is 0 Å². The number of rotatable bonds is 15. The molecule has 13 N–H and O–H groups in total. The topological polar surface area (TPSA) is 288 Å². The average molecular weight is 703 g/mol. The molecule has 50 heavy (non-hydrogen) atoms. The second-order valence-corrected chi connectivity index (χ2v) is 10.9. The third-order valence-corrected chi connectivity index (χ3v) is 7.10. The molecule has 0 radical (unpaired) electrons. The predicted octanol–water partition coefficient (Wildman–Crippen LogP) is 1.28. The number of carboxylic acids is 2. The molecule has 0 fully saturated rings. The molecule has 0 aliphatic rings. The predicted molar refractivity (Wildman–Crippen MR) is 176 cm³/mol. The molecule has 18 heteroatoms. The summed E-state index contributed by atoms with van der Waals surface area (Å²) < 4.78 is 31.7. The van der Waals surface area contributed by atoms with E-state index >= 15 is 0 Å². The number of alkyl halides is 3. The van der Waals surface area contributed by atoms with Crippen LogP contribution in [0.4, 0.5) is 13.2 Å². The van der Waals surface area contributed by atoms with E-state index in [9.17, 15) is 37.5 Å². The zero-order valence-electron chi connectivity index (χ0n) is 26.4. The Balaban J connectivity index is 0.00000112. The summed E-state index contributed by atoms with van der Waals surface area (Å²) in [6.45, 7) is 0.255. The zero-order chi connectivity index (χ0) is 37.6. The molecule has 0 heterocycles. The van der Waals surface area contributed by atoms with E-state index in [0.29, 0.717) is 17.5 Å². The van der Waals surface area contributed by atoms with Crippen molar-refractivity contribution in [3.63, 3.8) is 0 Å². The van der Waals surface area contributed by atoms with Gasteiger partial charge in [0, 0.05) is 12.1 Å². The first kappa shape index (κ1) is 40.0. The largest absolute Gasteiger partial charge is 0.490 e. The van der Waals surface area contributed by atoms with Crippen LogP contribution < -0.4 is 33.2 Å². The van der Waals surface area contributed by atoms with Gasteiger partial charge in [-0.1, -0.05) is 66.7 Å². The van der Waals surface area contributed by atoms with Crippen molar-refractivity contribution in [2.45, 2.75) is 49.9 Å². The van der Waals surface area contributed by atoms with Gasteiger partial charge in [-0.05, 0) is 41.2 Å². The number of fused-ring (bicyclic) bond motifs is 1. The minimum absolute atomic E-state index is 0.0951. The summed E-state index contributed by atoms with van der Waals surface area (Å²) in [6.07, 6.45) is -5.18. The number of carbonyl (C=O) groups excluding carboxylic acids is 3. The number of halogens is 3. The number of nitrogen functional groups attached to an aromatic ring is 1. The first-order chi connectivity index (χ1) is 23.4. The highest BCUT2D eigenvalue weighted by molar-refractivity contribution is 5.96. The molecule has 0 bridgehead atoms. The van der Waals surface area contributed by atoms with Crippen LogP contribution in [0, 0.1) is 10.8 Å². The number of amidine groups is 1. The van der Waals surface area contributed by atoms with Gasteiger partial charge in [0.2, 0.25) is 17.7 Å². The highest BCUT2D eigenvalue weighted by atomic mass is 19.4. The molecule has 0 spiro atoms. The van der Waals surface area contributed by atoms with Crippen molar-refractivity contribution >= 4 is 52.2 Å². The summed E-state index contributed by atoms with van der Waals surface area (Å²) >= 11 is 0. The Morgan fingerprint density at radius 3 is 1.90 bits per heavy atom. The van der Waals surface area contributed by atoms with E-state index in [1.54, 1.807) is 30.3 Å². The van der Waals surface area contributed by atoms with Gasteiger partial charge >= 0.3 is 18.1 Å². The molecule has 0 aliphatic heterocycles. The fourth-order valence-electron chi connectivity index (χ4n) is 4.59. The van der Waals surface area contributed by atoms with Gasteiger partial charge in [0.1, 0.15) is 17.9 Å². The maximum Gasteiger partial charge on any atom is 0.490 e. The van der Waals surface area contributed by atoms with Crippen molar-refractivity contribution in [2.75, 3.05) is 6.54 Å². The van der Waals surface area contributed by atoms with E-state index in [-0.39, 0.29) is 31.2 Å². The Bertz CT molecular complexity index is 1720. The fraction of sp³-hybridized carbons (Fsp3) is 0.281. The first-order valence-corrected chi connectivity index (χ1v) is 14.8. The monoisotopic (exact) mass is 702 g/mol. The molecule has 0 aliphatic carbocycles. The number of hydrogen-bond acceptors (Lipinski definition) is 7. The summed E-state index contributed by atoms with van der Waals surface area (Å²) in [5.41, 5.74) is 18.2. The van der Waals surface area contributed by atoms with Crippen molar-refractivity contribution in [1.29, 1.82) is 10.8 Å². The van der Waals surface area contributed by atoms with Crippen molar-refractivity contribution in [3.8, 4) is 0 Å². The maximum absolute atomic E-state index is 13.8. The van der Waals surface area contributed by atoms with E-state index in [0.717, 1.165) is 16.3 Å². The zero-order valence-corrected chi connectivity index (χ0v) is 26.4. The van der Waals surface area contributed by atoms with Gasteiger partial charge in [-0.3, -0.25) is 30.0 Å². The number of primary amides is 1. The number of benzene rings is 3. The van der Waals surface area contributed by atoms with Crippen LogP contribution in [0.5, 0.6) is 0 Å². The third-order valence-electron chi connectivity index (χ3n) is 7.10. The Labute approximate surface area is 283 Å². The van der Waals surface area contributed by atoms with Crippen LogP contribution >= 0.6 is 0 Å². The SMILES string of the molecule is N=C(N)NCCC[C@H](NC(=O)[C@H](CC(=O)O)NC(=O)[C@H](Cc1ccc(C(=N)N)cc1)c1ccc2ccccc2c1)C(N)=O.O=C(O)C(F)(F)F. The number of aliphatic carboxylic acids is 2. The summed E-state index contributed by atoms with van der Waals surface area (Å²) in [4.78, 5) is 59.5. The standard InChI is InChI=1S/C30H36N8O5.C2HF3O2/c31-26(32)19-9-7-17(8-10-19)14-22(21-12-11-18-4-1-2-5-20(18)15-21)28(42)38-24(16-25(39)40)29(43)37-23(27(33)41)6-3-13-36-30(34)35;3-2(4,5)1(6)7/h1-2,4-5,7-12,15,22-24H,3,6,13-14,16H2,(H3,31,32)(H2,33,41)(H,37,43)(H,38,42)(H,39,40)(H4,34,35,36);(H,6,7)/t22-,23+,24+;/m1./s1. The van der Waals surface area contributed by atoms with E-state index in [2.05, 4.69) is 16.0 Å². The van der Waals surface area contributed by atoms with Crippen LogP contribution in [-0.2, 0) is 30.4 Å². The molecule has 0 saturated heterocycles. The van der Waals surface area contributed by atoms with Gasteiger partial charge in [0.05, 0.1) is 12.3 Å². The third kappa shape index (κ3) is 13.1. The second-order valence-electron chi connectivity index (χ2n) is 10.9. The van der Waals surface area contributed by atoms with Gasteiger partial charge in [-0.25, -0.2) is 4.79 Å². The number of carbonyl (C=O) groups is 5. The second kappa shape index (κ2) is 18.4. The van der Waals surface area contributed by atoms with Gasteiger partial charge in [0.15, 0.2) is 5.96 Å². The Morgan fingerprint density at radius 2 is 1.38 bits per heavy atom. The summed E-state index contributed by atoms with van der Waals surface area (Å²) in [5.74, 6) is -7.55.